The molecule has 1 N–H and O–H groups in total. The van der Waals surface area contributed by atoms with E-state index in [4.69, 9.17) is 23.2 Å². The van der Waals surface area contributed by atoms with Crippen LogP contribution in [0.2, 0.25) is 10.0 Å². The van der Waals surface area contributed by atoms with E-state index in [0.29, 0.717) is 15.9 Å². The summed E-state index contributed by atoms with van der Waals surface area (Å²) in [7, 11) is 0. The number of carbonyl (C=O) groups is 2. The number of nitrogens with one attached hydrogen (secondary N) is 1. The summed E-state index contributed by atoms with van der Waals surface area (Å²) in [6.07, 6.45) is 3.43. The average molecular weight is 521 g/mol. The van der Waals surface area contributed by atoms with Crippen molar-refractivity contribution in [1.29, 1.82) is 0 Å². The summed E-state index contributed by atoms with van der Waals surface area (Å²) in [6.45, 7) is 0. The van der Waals surface area contributed by atoms with Crippen molar-refractivity contribution < 1.29 is 9.59 Å². The number of halogens is 2. The van der Waals surface area contributed by atoms with Crippen LogP contribution in [-0.2, 0) is 15.1 Å². The highest BCUT2D eigenvalue weighted by Crippen LogP contribution is 2.60. The van der Waals surface area contributed by atoms with Crippen LogP contribution in [-0.4, -0.2) is 34.3 Å². The summed E-state index contributed by atoms with van der Waals surface area (Å²) in [5.41, 5.74) is 2.51. The lowest BCUT2D eigenvalue weighted by Gasteiger charge is -2.36. The van der Waals surface area contributed by atoms with Gasteiger partial charge in [0.25, 0.3) is 0 Å². The van der Waals surface area contributed by atoms with E-state index in [2.05, 4.69) is 10.2 Å². The largest absolute Gasteiger partial charge is 0.324 e. The lowest BCUT2D eigenvalue weighted by atomic mass is 9.70. The molecule has 0 radical (unpaired) electrons. The third-order valence-electron chi connectivity index (χ3n) is 7.40. The molecule has 6 rings (SSSR count). The van der Waals surface area contributed by atoms with Gasteiger partial charge in [0, 0.05) is 44.9 Å². The number of amides is 1. The third-order valence-corrected chi connectivity index (χ3v) is 8.94. The summed E-state index contributed by atoms with van der Waals surface area (Å²) < 4.78 is 0. The van der Waals surface area contributed by atoms with Gasteiger partial charge in [-0.2, -0.15) is 0 Å². The molecule has 3 aromatic rings. The second-order valence-electron chi connectivity index (χ2n) is 9.15. The summed E-state index contributed by atoms with van der Waals surface area (Å²) in [4.78, 5) is 30.3. The van der Waals surface area contributed by atoms with Gasteiger partial charge in [-0.05, 0) is 47.5 Å². The number of thioether (sulfide) groups is 1. The Morgan fingerprint density at radius 2 is 1.69 bits per heavy atom. The van der Waals surface area contributed by atoms with E-state index in [1.807, 2.05) is 78.5 Å². The zero-order valence-corrected chi connectivity index (χ0v) is 21.0. The number of ketones is 1. The highest BCUT2D eigenvalue weighted by atomic mass is 35.5. The van der Waals surface area contributed by atoms with Crippen molar-refractivity contribution in [3.63, 3.8) is 0 Å². The van der Waals surface area contributed by atoms with Crippen molar-refractivity contribution in [2.75, 3.05) is 16.9 Å². The van der Waals surface area contributed by atoms with Gasteiger partial charge in [0.2, 0.25) is 5.91 Å². The van der Waals surface area contributed by atoms with Crippen molar-refractivity contribution in [3.8, 4) is 0 Å². The maximum absolute atomic E-state index is 14.1. The summed E-state index contributed by atoms with van der Waals surface area (Å²) >= 11 is 14.0. The van der Waals surface area contributed by atoms with Gasteiger partial charge in [0.05, 0.1) is 5.92 Å². The van der Waals surface area contributed by atoms with Crippen molar-refractivity contribution >= 4 is 58.4 Å². The van der Waals surface area contributed by atoms with Crippen LogP contribution < -0.4 is 5.32 Å². The summed E-state index contributed by atoms with van der Waals surface area (Å²) in [5, 5.41) is 4.38. The van der Waals surface area contributed by atoms with Crippen LogP contribution in [0.3, 0.4) is 0 Å². The molecule has 2 fully saturated rings. The van der Waals surface area contributed by atoms with Crippen molar-refractivity contribution in [3.05, 3.63) is 106 Å². The minimum absolute atomic E-state index is 0.0518. The minimum Gasteiger partial charge on any atom is -0.324 e. The fourth-order valence-corrected chi connectivity index (χ4v) is 7.55. The molecule has 35 heavy (non-hydrogen) atoms. The topological polar surface area (TPSA) is 49.4 Å². The number of hydrogen-bond acceptors (Lipinski definition) is 4. The molecule has 3 aromatic carbocycles. The number of anilines is 1. The summed E-state index contributed by atoms with van der Waals surface area (Å²) in [6, 6.07) is 22.9. The average Bonchev–Trinajstić information content (AvgIpc) is 3.52. The molecule has 3 aliphatic heterocycles. The van der Waals surface area contributed by atoms with Gasteiger partial charge >= 0.3 is 0 Å². The third kappa shape index (κ3) is 3.56. The number of allylic oxidation sites excluding steroid dienone is 1. The molecule has 1 spiro atoms. The number of para-hydroxylation sites is 1. The summed E-state index contributed by atoms with van der Waals surface area (Å²) in [5.74, 6) is 0.631. The highest BCUT2D eigenvalue weighted by Gasteiger charge is 2.69. The molecule has 0 aromatic heterocycles. The molecular weight excluding hydrogens is 499 g/mol. The van der Waals surface area contributed by atoms with E-state index in [-0.39, 0.29) is 23.7 Å². The number of hydrogen-bond donors (Lipinski definition) is 1. The monoisotopic (exact) mass is 520 g/mol. The molecule has 3 aliphatic rings. The van der Waals surface area contributed by atoms with E-state index in [0.717, 1.165) is 28.1 Å². The SMILES string of the molecule is O=C(/C=C/c1ccc(Cl)cc1)[C@H]1[C@H](c2ccc(Cl)cc2)[C@H]2CSCN2[C@]12C(=O)Nc1ccccc12. The smallest absolute Gasteiger partial charge is 0.250 e. The van der Waals surface area contributed by atoms with Crippen molar-refractivity contribution in [2.45, 2.75) is 17.5 Å². The van der Waals surface area contributed by atoms with Crippen LogP contribution in [0.4, 0.5) is 5.69 Å². The normalized spacial score (nSPS) is 27.4. The standard InChI is InChI=1S/C28H22Cl2N2O2S/c29-19-10-5-17(6-11-19)7-14-24(33)26-25(18-8-12-20(30)13-9-18)23-15-35-16-32(23)28(26)21-3-1-2-4-22(21)31-27(28)34/h1-14,23,25-26H,15-16H2,(H,31,34)/b14-7+/t23-,25-,26+,28+/m1/s1. The molecule has 4 atom stereocenters. The van der Waals surface area contributed by atoms with Crippen molar-refractivity contribution in [2.24, 2.45) is 5.92 Å². The first-order valence-corrected chi connectivity index (χ1v) is 13.4. The van der Waals surface area contributed by atoms with Gasteiger partial charge < -0.3 is 5.32 Å². The predicted octanol–water partition coefficient (Wildman–Crippen LogP) is 6.21. The van der Waals surface area contributed by atoms with Gasteiger partial charge in [-0.1, -0.05) is 71.7 Å². The first kappa shape index (κ1) is 22.9. The zero-order chi connectivity index (χ0) is 24.2. The van der Waals surface area contributed by atoms with E-state index < -0.39 is 11.5 Å². The quantitative estimate of drug-likeness (QED) is 0.415. The van der Waals surface area contributed by atoms with Crippen molar-refractivity contribution in [1.82, 2.24) is 4.90 Å². The van der Waals surface area contributed by atoms with Crippen LogP contribution in [0.1, 0.15) is 22.6 Å². The molecule has 0 unspecified atom stereocenters. The van der Waals surface area contributed by atoms with Gasteiger partial charge in [0.1, 0.15) is 5.54 Å². The second kappa shape index (κ2) is 8.82. The molecule has 0 saturated carbocycles. The number of nitrogens with zero attached hydrogens (tertiary/aromatic N) is 1. The lowest BCUT2D eigenvalue weighted by molar-refractivity contribution is -0.134. The molecule has 7 heteroatoms. The second-order valence-corrected chi connectivity index (χ2v) is 11.0. The van der Waals surface area contributed by atoms with E-state index >= 15 is 0 Å². The highest BCUT2D eigenvalue weighted by molar-refractivity contribution is 7.99. The van der Waals surface area contributed by atoms with Crippen LogP contribution in [0.15, 0.2) is 78.9 Å². The first-order chi connectivity index (χ1) is 17.0. The van der Waals surface area contributed by atoms with Crippen LogP contribution in [0, 0.1) is 5.92 Å². The van der Waals surface area contributed by atoms with Crippen LogP contribution in [0.25, 0.3) is 6.08 Å². The van der Waals surface area contributed by atoms with Gasteiger partial charge in [-0.25, -0.2) is 0 Å². The van der Waals surface area contributed by atoms with Crippen LogP contribution in [0.5, 0.6) is 0 Å². The fourth-order valence-electron chi connectivity index (χ4n) is 5.98. The molecule has 2 saturated heterocycles. The Morgan fingerprint density at radius 3 is 2.43 bits per heavy atom. The molecule has 0 bridgehead atoms. The Labute approximate surface area is 218 Å². The Balaban J connectivity index is 1.52. The van der Waals surface area contributed by atoms with Gasteiger partial charge in [-0.3, -0.25) is 14.5 Å². The lowest BCUT2D eigenvalue weighted by Crippen LogP contribution is -2.52. The molecule has 3 heterocycles. The predicted molar refractivity (Wildman–Crippen MR) is 143 cm³/mol. The Hall–Kier alpha value is -2.57. The van der Waals surface area contributed by atoms with E-state index in [1.54, 1.807) is 18.2 Å². The van der Waals surface area contributed by atoms with E-state index in [1.165, 1.54) is 0 Å². The van der Waals surface area contributed by atoms with Crippen LogP contribution >= 0.6 is 35.0 Å². The maximum Gasteiger partial charge on any atom is 0.250 e. The van der Waals surface area contributed by atoms with Gasteiger partial charge in [-0.15, -0.1) is 11.8 Å². The molecule has 0 aliphatic carbocycles. The minimum atomic E-state index is -1.06. The Kier molecular flexibility index (Phi) is 5.76. The number of fused-ring (bicyclic) bond motifs is 4. The molecule has 4 nitrogen and oxygen atoms in total. The number of rotatable bonds is 4. The molecule has 1 amide bonds. The van der Waals surface area contributed by atoms with Gasteiger partial charge in [0.15, 0.2) is 5.78 Å². The zero-order valence-electron chi connectivity index (χ0n) is 18.7. The molecular formula is C28H22Cl2N2O2S. The first-order valence-electron chi connectivity index (χ1n) is 11.5. The maximum atomic E-state index is 14.1. The van der Waals surface area contributed by atoms with E-state index in [9.17, 15) is 9.59 Å². The molecule has 176 valence electrons. The Bertz CT molecular complexity index is 1340. The number of carbonyl (C=O) groups excluding carboxylic acids is 2. The number of benzene rings is 3. The Morgan fingerprint density at radius 1 is 1.00 bits per heavy atom. The fraction of sp³-hybridized carbons (Fsp3) is 0.214.